The van der Waals surface area contributed by atoms with Gasteiger partial charge in [0.05, 0.1) is 25.5 Å². The van der Waals surface area contributed by atoms with Crippen molar-refractivity contribution < 1.29 is 18.7 Å². The molecule has 0 bridgehead atoms. The van der Waals surface area contributed by atoms with E-state index in [2.05, 4.69) is 15.3 Å². The molecule has 0 spiro atoms. The Morgan fingerprint density at radius 1 is 1.25 bits per heavy atom. The average molecular weight is 381 g/mol. The minimum absolute atomic E-state index is 0.00883. The maximum Gasteiger partial charge on any atom is 0.270 e. The summed E-state index contributed by atoms with van der Waals surface area (Å²) in [5.74, 6) is 1.45. The number of hydrogen-bond donors (Lipinski definition) is 1. The highest BCUT2D eigenvalue weighted by Gasteiger charge is 2.14. The Kier molecular flexibility index (Phi) is 5.93. The van der Waals surface area contributed by atoms with Gasteiger partial charge < -0.3 is 19.2 Å². The van der Waals surface area contributed by atoms with Gasteiger partial charge in [-0.05, 0) is 50.6 Å². The molecule has 7 heteroatoms. The smallest absolute Gasteiger partial charge is 0.270 e. The molecule has 1 aromatic carbocycles. The number of oxazole rings is 1. The number of methoxy groups -OCH3 is 1. The lowest BCUT2D eigenvalue weighted by atomic mass is 10.2. The van der Waals surface area contributed by atoms with Gasteiger partial charge in [0.15, 0.2) is 11.5 Å². The van der Waals surface area contributed by atoms with Gasteiger partial charge in [0.2, 0.25) is 5.89 Å². The summed E-state index contributed by atoms with van der Waals surface area (Å²) in [6.45, 7) is 5.98. The van der Waals surface area contributed by atoms with E-state index >= 15 is 0 Å². The summed E-state index contributed by atoms with van der Waals surface area (Å²) >= 11 is 0. The lowest BCUT2D eigenvalue weighted by Crippen LogP contribution is -2.24. The van der Waals surface area contributed by atoms with Crippen LogP contribution < -0.4 is 14.8 Å². The quantitative estimate of drug-likeness (QED) is 0.670. The Hall–Kier alpha value is -3.35. The predicted molar refractivity (Wildman–Crippen MR) is 104 cm³/mol. The van der Waals surface area contributed by atoms with Crippen LogP contribution in [0, 0.1) is 6.92 Å². The maximum atomic E-state index is 12.3. The number of rotatable bonds is 7. The van der Waals surface area contributed by atoms with E-state index in [0.717, 1.165) is 11.1 Å². The molecule has 1 amide bonds. The van der Waals surface area contributed by atoms with Gasteiger partial charge in [0, 0.05) is 11.8 Å². The van der Waals surface area contributed by atoms with Crippen LogP contribution in [0.4, 0.5) is 0 Å². The van der Waals surface area contributed by atoms with E-state index in [4.69, 9.17) is 13.9 Å². The Morgan fingerprint density at radius 3 is 2.79 bits per heavy atom. The molecular formula is C21H23N3O4. The van der Waals surface area contributed by atoms with Crippen LogP contribution in [0.1, 0.15) is 35.6 Å². The van der Waals surface area contributed by atoms with Crippen LogP contribution in [-0.4, -0.2) is 29.1 Å². The molecule has 0 saturated carbocycles. The first-order valence-corrected chi connectivity index (χ1v) is 8.97. The third-order valence-corrected chi connectivity index (χ3v) is 3.98. The van der Waals surface area contributed by atoms with Crippen molar-refractivity contribution in [3.63, 3.8) is 0 Å². The fourth-order valence-electron chi connectivity index (χ4n) is 2.65. The number of ether oxygens (including phenoxy) is 2. The van der Waals surface area contributed by atoms with Crippen molar-refractivity contribution in [1.82, 2.24) is 15.3 Å². The molecular weight excluding hydrogens is 358 g/mol. The molecule has 0 atom stereocenters. The van der Waals surface area contributed by atoms with Crippen molar-refractivity contribution in [3.8, 4) is 23.0 Å². The number of nitrogens with zero attached hydrogens (tertiary/aromatic N) is 2. The summed E-state index contributed by atoms with van der Waals surface area (Å²) in [4.78, 5) is 20.8. The summed E-state index contributed by atoms with van der Waals surface area (Å²) in [7, 11) is 1.59. The molecule has 3 aromatic rings. The molecule has 0 aliphatic rings. The minimum atomic E-state index is -0.250. The Morgan fingerprint density at radius 2 is 2.07 bits per heavy atom. The third kappa shape index (κ3) is 4.49. The Balaban J connectivity index is 1.72. The number of hydrogen-bond acceptors (Lipinski definition) is 6. The highest BCUT2D eigenvalue weighted by Crippen LogP contribution is 2.33. The van der Waals surface area contributed by atoms with Crippen LogP contribution >= 0.6 is 0 Å². The van der Waals surface area contributed by atoms with Crippen LogP contribution in [0.5, 0.6) is 11.5 Å². The lowest BCUT2D eigenvalue weighted by molar-refractivity contribution is 0.0944. The van der Waals surface area contributed by atoms with Crippen LogP contribution in [0.2, 0.25) is 0 Å². The van der Waals surface area contributed by atoms with Crippen molar-refractivity contribution >= 4 is 5.91 Å². The second-order valence-corrected chi connectivity index (χ2v) is 6.53. The Labute approximate surface area is 163 Å². The highest BCUT2D eigenvalue weighted by molar-refractivity contribution is 5.93. The first kappa shape index (κ1) is 19.4. The van der Waals surface area contributed by atoms with E-state index in [1.165, 1.54) is 6.26 Å². The van der Waals surface area contributed by atoms with Crippen LogP contribution in [0.3, 0.4) is 0 Å². The molecule has 28 heavy (non-hydrogen) atoms. The highest BCUT2D eigenvalue weighted by atomic mass is 16.5. The zero-order valence-electron chi connectivity index (χ0n) is 16.4. The van der Waals surface area contributed by atoms with E-state index in [1.54, 1.807) is 19.4 Å². The topological polar surface area (TPSA) is 86.5 Å². The first-order valence-electron chi connectivity index (χ1n) is 8.97. The van der Waals surface area contributed by atoms with Gasteiger partial charge in [-0.25, -0.2) is 4.98 Å². The van der Waals surface area contributed by atoms with Gasteiger partial charge in [0.1, 0.15) is 12.0 Å². The van der Waals surface area contributed by atoms with Crippen molar-refractivity contribution in [2.75, 3.05) is 7.11 Å². The van der Waals surface area contributed by atoms with Crippen molar-refractivity contribution in [3.05, 3.63) is 59.7 Å². The molecule has 2 aromatic heterocycles. The fourth-order valence-corrected chi connectivity index (χ4v) is 2.65. The van der Waals surface area contributed by atoms with Crippen molar-refractivity contribution in [2.45, 2.75) is 33.4 Å². The molecule has 0 unspecified atom stereocenters. The summed E-state index contributed by atoms with van der Waals surface area (Å²) in [5, 5.41) is 2.81. The van der Waals surface area contributed by atoms with Crippen LogP contribution in [0.25, 0.3) is 11.5 Å². The third-order valence-electron chi connectivity index (χ3n) is 3.98. The largest absolute Gasteiger partial charge is 0.493 e. The molecule has 0 fully saturated rings. The minimum Gasteiger partial charge on any atom is -0.493 e. The number of carbonyl (C=O) groups excluding carboxylic acids is 1. The molecule has 0 aliphatic carbocycles. The SMILES string of the molecule is COc1ccc(-c2nc(CNC(=O)c3ncccc3C)co2)cc1OC(C)C. The summed E-state index contributed by atoms with van der Waals surface area (Å²) < 4.78 is 16.7. The van der Waals surface area contributed by atoms with E-state index in [9.17, 15) is 4.79 Å². The maximum absolute atomic E-state index is 12.3. The molecule has 2 heterocycles. The summed E-state index contributed by atoms with van der Waals surface area (Å²) in [6, 6.07) is 9.11. The van der Waals surface area contributed by atoms with Crippen molar-refractivity contribution in [2.24, 2.45) is 0 Å². The first-order chi connectivity index (χ1) is 13.5. The van der Waals surface area contributed by atoms with Gasteiger partial charge in [-0.1, -0.05) is 6.07 Å². The standard InChI is InChI=1S/C21H23N3O4/c1-13(2)28-18-10-15(7-8-17(18)26-4)21-24-16(12-27-21)11-23-20(25)19-14(3)6-5-9-22-19/h5-10,12-13H,11H2,1-4H3,(H,23,25). The number of pyridine rings is 1. The number of carbonyl (C=O) groups is 1. The van der Waals surface area contributed by atoms with E-state index < -0.39 is 0 Å². The average Bonchev–Trinajstić information content (AvgIpc) is 3.15. The van der Waals surface area contributed by atoms with Crippen molar-refractivity contribution in [1.29, 1.82) is 0 Å². The van der Waals surface area contributed by atoms with E-state index in [1.807, 2.05) is 45.0 Å². The summed E-state index contributed by atoms with van der Waals surface area (Å²) in [6.07, 6.45) is 3.12. The van der Waals surface area contributed by atoms with E-state index in [0.29, 0.717) is 28.8 Å². The monoisotopic (exact) mass is 381 g/mol. The van der Waals surface area contributed by atoms with Gasteiger partial charge in [-0.2, -0.15) is 0 Å². The zero-order chi connectivity index (χ0) is 20.1. The zero-order valence-corrected chi connectivity index (χ0v) is 16.4. The number of nitrogens with one attached hydrogen (secondary N) is 1. The molecule has 7 nitrogen and oxygen atoms in total. The van der Waals surface area contributed by atoms with Crippen LogP contribution in [0.15, 0.2) is 47.2 Å². The number of aryl methyl sites for hydroxylation is 1. The van der Waals surface area contributed by atoms with Crippen LogP contribution in [-0.2, 0) is 6.54 Å². The normalized spacial score (nSPS) is 10.8. The predicted octanol–water partition coefficient (Wildman–Crippen LogP) is 3.77. The lowest BCUT2D eigenvalue weighted by Gasteiger charge is -2.13. The number of aromatic nitrogens is 2. The molecule has 0 aliphatic heterocycles. The molecule has 0 radical (unpaired) electrons. The second kappa shape index (κ2) is 8.56. The Bertz CT molecular complexity index is 966. The molecule has 146 valence electrons. The van der Waals surface area contributed by atoms with Gasteiger partial charge in [-0.15, -0.1) is 0 Å². The fraction of sp³-hybridized carbons (Fsp3) is 0.286. The van der Waals surface area contributed by atoms with Gasteiger partial charge >= 0.3 is 0 Å². The number of amides is 1. The second-order valence-electron chi connectivity index (χ2n) is 6.53. The van der Waals surface area contributed by atoms with E-state index in [-0.39, 0.29) is 18.6 Å². The number of benzene rings is 1. The van der Waals surface area contributed by atoms with Gasteiger partial charge in [0.25, 0.3) is 5.91 Å². The molecule has 0 saturated heterocycles. The molecule has 1 N–H and O–H groups in total. The molecule has 3 rings (SSSR count). The van der Waals surface area contributed by atoms with Gasteiger partial charge in [-0.3, -0.25) is 9.78 Å². The summed E-state index contributed by atoms with van der Waals surface area (Å²) in [5.41, 5.74) is 2.59.